The van der Waals surface area contributed by atoms with Crippen molar-refractivity contribution in [3.05, 3.63) is 75.3 Å². The van der Waals surface area contributed by atoms with Gasteiger partial charge in [-0.15, -0.1) is 0 Å². The topological polar surface area (TPSA) is 84.6 Å². The van der Waals surface area contributed by atoms with Gasteiger partial charge < -0.3 is 0 Å². The lowest BCUT2D eigenvalue weighted by Gasteiger charge is -2.04. The van der Waals surface area contributed by atoms with E-state index in [1.807, 2.05) is 13.0 Å². The van der Waals surface area contributed by atoms with Crippen LogP contribution in [-0.2, 0) is 0 Å². The molecule has 0 radical (unpaired) electrons. The number of amides is 1. The molecule has 2 rings (SSSR count). The first kappa shape index (κ1) is 15.4. The molecule has 0 aromatic heterocycles. The highest BCUT2D eigenvalue weighted by atomic mass is 16.6. The third-order valence-corrected chi connectivity index (χ3v) is 3.08. The molecule has 6 heteroatoms. The predicted molar refractivity (Wildman–Crippen MR) is 84.0 cm³/mol. The highest BCUT2D eigenvalue weighted by molar-refractivity contribution is 6.01. The number of hydrogen-bond acceptors (Lipinski definition) is 4. The molecule has 0 saturated carbocycles. The summed E-state index contributed by atoms with van der Waals surface area (Å²) in [5, 5.41) is 14.8. The van der Waals surface area contributed by atoms with Crippen LogP contribution in [0.15, 0.2) is 53.6 Å². The SMILES string of the molecule is C/C(=N/NC(=O)c1cccc(C)c1)c1cccc([N+](=O)[O-])c1. The number of carbonyl (C=O) groups is 1. The van der Waals surface area contributed by atoms with Gasteiger partial charge in [0.1, 0.15) is 0 Å². The highest BCUT2D eigenvalue weighted by Crippen LogP contribution is 2.13. The van der Waals surface area contributed by atoms with E-state index in [0.717, 1.165) is 5.56 Å². The van der Waals surface area contributed by atoms with E-state index in [1.165, 1.54) is 12.1 Å². The fraction of sp³-hybridized carbons (Fsp3) is 0.125. The first-order valence-corrected chi connectivity index (χ1v) is 6.63. The van der Waals surface area contributed by atoms with Crippen LogP contribution in [0.3, 0.4) is 0 Å². The van der Waals surface area contributed by atoms with Crippen LogP contribution >= 0.6 is 0 Å². The van der Waals surface area contributed by atoms with Gasteiger partial charge >= 0.3 is 0 Å². The van der Waals surface area contributed by atoms with E-state index >= 15 is 0 Å². The van der Waals surface area contributed by atoms with Crippen LogP contribution < -0.4 is 5.43 Å². The summed E-state index contributed by atoms with van der Waals surface area (Å²) >= 11 is 0. The van der Waals surface area contributed by atoms with Crippen LogP contribution in [0.4, 0.5) is 5.69 Å². The van der Waals surface area contributed by atoms with Crippen molar-refractivity contribution in [1.82, 2.24) is 5.43 Å². The number of aryl methyl sites for hydroxylation is 1. The van der Waals surface area contributed by atoms with Crippen LogP contribution in [-0.4, -0.2) is 16.5 Å². The Labute approximate surface area is 127 Å². The number of non-ortho nitro benzene ring substituents is 1. The molecule has 1 amide bonds. The van der Waals surface area contributed by atoms with Gasteiger partial charge in [-0.1, -0.05) is 29.8 Å². The van der Waals surface area contributed by atoms with E-state index in [9.17, 15) is 14.9 Å². The minimum atomic E-state index is -0.470. The fourth-order valence-electron chi connectivity index (χ4n) is 1.89. The zero-order valence-electron chi connectivity index (χ0n) is 12.2. The Morgan fingerprint density at radius 1 is 1.14 bits per heavy atom. The molecule has 0 unspecified atom stereocenters. The van der Waals surface area contributed by atoms with Crippen LogP contribution in [0.5, 0.6) is 0 Å². The number of hydrazone groups is 1. The Bertz CT molecular complexity index is 754. The number of benzene rings is 2. The highest BCUT2D eigenvalue weighted by Gasteiger charge is 2.08. The molecule has 1 N–H and O–H groups in total. The summed E-state index contributed by atoms with van der Waals surface area (Å²) < 4.78 is 0. The van der Waals surface area contributed by atoms with Crippen LogP contribution in [0.25, 0.3) is 0 Å². The second-order valence-electron chi connectivity index (χ2n) is 4.82. The molecule has 0 bridgehead atoms. The van der Waals surface area contributed by atoms with Gasteiger partial charge in [0.25, 0.3) is 11.6 Å². The molecule has 0 atom stereocenters. The van der Waals surface area contributed by atoms with E-state index in [0.29, 0.717) is 16.8 Å². The van der Waals surface area contributed by atoms with E-state index in [2.05, 4.69) is 10.5 Å². The molecule has 0 aliphatic carbocycles. The number of nitro groups is 1. The second-order valence-corrected chi connectivity index (χ2v) is 4.82. The lowest BCUT2D eigenvalue weighted by molar-refractivity contribution is -0.384. The Morgan fingerprint density at radius 3 is 2.50 bits per heavy atom. The smallest absolute Gasteiger partial charge is 0.267 e. The van der Waals surface area contributed by atoms with Gasteiger partial charge in [0.2, 0.25) is 0 Å². The molecular weight excluding hydrogens is 282 g/mol. The van der Waals surface area contributed by atoms with Gasteiger partial charge in [0.05, 0.1) is 10.6 Å². The maximum atomic E-state index is 12.0. The number of rotatable bonds is 4. The van der Waals surface area contributed by atoms with Gasteiger partial charge in [-0.05, 0) is 26.0 Å². The maximum absolute atomic E-state index is 12.0. The molecule has 0 spiro atoms. The largest absolute Gasteiger partial charge is 0.271 e. The Balaban J connectivity index is 2.14. The normalized spacial score (nSPS) is 11.1. The first-order valence-electron chi connectivity index (χ1n) is 6.63. The number of nitrogens with zero attached hydrogens (tertiary/aromatic N) is 2. The molecule has 2 aromatic rings. The summed E-state index contributed by atoms with van der Waals surface area (Å²) in [5.74, 6) is -0.325. The van der Waals surface area contributed by atoms with Gasteiger partial charge in [0, 0.05) is 23.3 Å². The molecule has 0 aliphatic rings. The average molecular weight is 297 g/mol. The van der Waals surface area contributed by atoms with Crippen LogP contribution in [0.2, 0.25) is 0 Å². The second kappa shape index (κ2) is 6.62. The van der Waals surface area contributed by atoms with Gasteiger partial charge in [-0.3, -0.25) is 14.9 Å². The summed E-state index contributed by atoms with van der Waals surface area (Å²) in [7, 11) is 0. The predicted octanol–water partition coefficient (Wildman–Crippen LogP) is 3.06. The van der Waals surface area contributed by atoms with Crippen molar-refractivity contribution in [3.63, 3.8) is 0 Å². The van der Waals surface area contributed by atoms with Gasteiger partial charge in [-0.25, -0.2) is 5.43 Å². The van der Waals surface area contributed by atoms with Crippen molar-refractivity contribution in [2.24, 2.45) is 5.10 Å². The van der Waals surface area contributed by atoms with Crippen molar-refractivity contribution in [1.29, 1.82) is 0 Å². The summed E-state index contributed by atoms with van der Waals surface area (Å²) in [4.78, 5) is 22.3. The Kier molecular flexibility index (Phi) is 4.63. The molecule has 0 fully saturated rings. The fourth-order valence-corrected chi connectivity index (χ4v) is 1.89. The third kappa shape index (κ3) is 3.76. The number of nitro benzene ring substituents is 1. The lowest BCUT2D eigenvalue weighted by Crippen LogP contribution is -2.19. The van der Waals surface area contributed by atoms with Crippen molar-refractivity contribution in [2.75, 3.05) is 0 Å². The van der Waals surface area contributed by atoms with E-state index in [-0.39, 0.29) is 11.6 Å². The Morgan fingerprint density at radius 2 is 1.82 bits per heavy atom. The minimum absolute atomic E-state index is 0.0166. The maximum Gasteiger partial charge on any atom is 0.271 e. The first-order chi connectivity index (χ1) is 10.5. The molecule has 0 heterocycles. The van der Waals surface area contributed by atoms with Crippen molar-refractivity contribution < 1.29 is 9.72 Å². The summed E-state index contributed by atoms with van der Waals surface area (Å²) in [6.07, 6.45) is 0. The minimum Gasteiger partial charge on any atom is -0.267 e. The van der Waals surface area contributed by atoms with Crippen molar-refractivity contribution >= 4 is 17.3 Å². The standard InChI is InChI=1S/C16H15N3O3/c1-11-5-3-7-14(9-11)16(20)18-17-12(2)13-6-4-8-15(10-13)19(21)22/h3-10H,1-2H3,(H,18,20)/b17-12-. The van der Waals surface area contributed by atoms with Crippen LogP contribution in [0.1, 0.15) is 28.4 Å². The molecule has 0 saturated heterocycles. The van der Waals surface area contributed by atoms with Crippen molar-refractivity contribution in [2.45, 2.75) is 13.8 Å². The molecule has 6 nitrogen and oxygen atoms in total. The number of carbonyl (C=O) groups excluding carboxylic acids is 1. The summed E-state index contributed by atoms with van der Waals surface area (Å²) in [5.41, 5.74) is 5.00. The summed E-state index contributed by atoms with van der Waals surface area (Å²) in [6.45, 7) is 3.57. The molecule has 0 aliphatic heterocycles. The van der Waals surface area contributed by atoms with E-state index in [4.69, 9.17) is 0 Å². The van der Waals surface area contributed by atoms with Crippen LogP contribution in [0, 0.1) is 17.0 Å². The van der Waals surface area contributed by atoms with E-state index in [1.54, 1.807) is 37.3 Å². The lowest BCUT2D eigenvalue weighted by atomic mass is 10.1. The quantitative estimate of drug-likeness (QED) is 0.534. The summed E-state index contributed by atoms with van der Waals surface area (Å²) in [6, 6.07) is 13.2. The van der Waals surface area contributed by atoms with Gasteiger partial charge in [-0.2, -0.15) is 5.10 Å². The van der Waals surface area contributed by atoms with Gasteiger partial charge in [0.15, 0.2) is 0 Å². The number of hydrogen-bond donors (Lipinski definition) is 1. The zero-order valence-corrected chi connectivity index (χ0v) is 12.2. The van der Waals surface area contributed by atoms with Crippen molar-refractivity contribution in [3.8, 4) is 0 Å². The number of nitrogens with one attached hydrogen (secondary N) is 1. The monoisotopic (exact) mass is 297 g/mol. The zero-order chi connectivity index (χ0) is 16.1. The average Bonchev–Trinajstić information content (AvgIpc) is 2.52. The Hall–Kier alpha value is -3.02. The van der Waals surface area contributed by atoms with E-state index < -0.39 is 4.92 Å². The third-order valence-electron chi connectivity index (χ3n) is 3.08. The molecule has 22 heavy (non-hydrogen) atoms. The molecular formula is C16H15N3O3. The molecule has 2 aromatic carbocycles. The molecule has 112 valence electrons.